The molecule has 2 aromatic rings. The Morgan fingerprint density at radius 1 is 1.45 bits per heavy atom. The highest BCUT2D eigenvalue weighted by atomic mass is 16.6. The summed E-state index contributed by atoms with van der Waals surface area (Å²) in [6.07, 6.45) is 1.24. The molecule has 1 aromatic carbocycles. The van der Waals surface area contributed by atoms with E-state index in [9.17, 15) is 14.9 Å². The fraction of sp³-hybridized carbons (Fsp3) is 0.286. The summed E-state index contributed by atoms with van der Waals surface area (Å²) in [4.78, 5) is 25.7. The van der Waals surface area contributed by atoms with Crippen molar-refractivity contribution in [3.63, 3.8) is 0 Å². The Morgan fingerprint density at radius 3 is 2.73 bits per heavy atom. The molecule has 1 aromatic heterocycles. The molecule has 2 rings (SSSR count). The summed E-state index contributed by atoms with van der Waals surface area (Å²) < 4.78 is 1.43. The molecule has 1 unspecified atom stereocenters. The average Bonchev–Trinajstić information content (AvgIpc) is 2.87. The lowest BCUT2D eigenvalue weighted by Crippen LogP contribution is -2.34. The molecule has 0 spiro atoms. The standard InChI is InChI=1S/C14H17N5O3/c1-10-17-13(19(21)22)8-18(10)9-14(20)16-7-12(15)11-5-3-2-4-6-11/h2-6,8,12H,7,9,15H2,1H3,(H,16,20). The minimum absolute atomic E-state index is 0.0335. The Morgan fingerprint density at radius 2 is 2.14 bits per heavy atom. The third-order valence-electron chi connectivity index (χ3n) is 3.21. The van der Waals surface area contributed by atoms with Crippen LogP contribution in [0.15, 0.2) is 36.5 Å². The van der Waals surface area contributed by atoms with Crippen LogP contribution >= 0.6 is 0 Å². The summed E-state index contributed by atoms with van der Waals surface area (Å²) in [5.74, 6) is -0.137. The minimum atomic E-state index is -0.591. The molecule has 0 aliphatic rings. The second kappa shape index (κ2) is 6.81. The number of nitrogens with two attached hydrogens (primary N) is 1. The number of amides is 1. The number of rotatable bonds is 6. The lowest BCUT2D eigenvalue weighted by Gasteiger charge is -2.13. The van der Waals surface area contributed by atoms with E-state index in [1.165, 1.54) is 10.8 Å². The first-order chi connectivity index (χ1) is 10.5. The molecule has 3 N–H and O–H groups in total. The quantitative estimate of drug-likeness (QED) is 0.608. The van der Waals surface area contributed by atoms with Gasteiger partial charge in [-0.2, -0.15) is 0 Å². The zero-order chi connectivity index (χ0) is 16.1. The minimum Gasteiger partial charge on any atom is -0.358 e. The van der Waals surface area contributed by atoms with Crippen molar-refractivity contribution < 1.29 is 9.72 Å². The van der Waals surface area contributed by atoms with Crippen molar-refractivity contribution in [3.8, 4) is 0 Å². The predicted molar refractivity (Wildman–Crippen MR) is 80.0 cm³/mol. The summed E-state index contributed by atoms with van der Waals surface area (Å²) in [5, 5.41) is 13.3. The van der Waals surface area contributed by atoms with Crippen molar-refractivity contribution in [1.29, 1.82) is 0 Å². The van der Waals surface area contributed by atoms with Crippen LogP contribution in [-0.2, 0) is 11.3 Å². The molecule has 1 heterocycles. The van der Waals surface area contributed by atoms with Gasteiger partial charge in [-0.15, -0.1) is 0 Å². The van der Waals surface area contributed by atoms with Crippen LogP contribution < -0.4 is 11.1 Å². The molecule has 0 saturated heterocycles. The normalized spacial score (nSPS) is 11.9. The van der Waals surface area contributed by atoms with Gasteiger partial charge in [-0.3, -0.25) is 9.36 Å². The number of nitro groups is 1. The number of hydrogen-bond donors (Lipinski definition) is 2. The first-order valence-electron chi connectivity index (χ1n) is 6.72. The van der Waals surface area contributed by atoms with E-state index in [-0.39, 0.29) is 24.3 Å². The van der Waals surface area contributed by atoms with Crippen LogP contribution in [0, 0.1) is 17.0 Å². The number of nitrogens with one attached hydrogen (secondary N) is 1. The smallest absolute Gasteiger partial charge is 0.358 e. The number of carbonyl (C=O) groups excluding carboxylic acids is 1. The van der Waals surface area contributed by atoms with Gasteiger partial charge in [-0.05, 0) is 15.5 Å². The van der Waals surface area contributed by atoms with Gasteiger partial charge in [-0.25, -0.2) is 0 Å². The monoisotopic (exact) mass is 303 g/mol. The number of aryl methyl sites for hydroxylation is 1. The fourth-order valence-corrected chi connectivity index (χ4v) is 1.99. The maximum atomic E-state index is 11.9. The van der Waals surface area contributed by atoms with Gasteiger partial charge in [0.05, 0.1) is 0 Å². The molecule has 22 heavy (non-hydrogen) atoms. The molecule has 0 aliphatic heterocycles. The summed E-state index contributed by atoms with van der Waals surface area (Å²) >= 11 is 0. The third kappa shape index (κ3) is 3.89. The van der Waals surface area contributed by atoms with Gasteiger partial charge in [0.1, 0.15) is 12.7 Å². The van der Waals surface area contributed by atoms with E-state index < -0.39 is 4.92 Å². The molecule has 8 nitrogen and oxygen atoms in total. The van der Waals surface area contributed by atoms with Crippen molar-refractivity contribution in [3.05, 3.63) is 58.0 Å². The van der Waals surface area contributed by atoms with Crippen molar-refractivity contribution in [2.75, 3.05) is 6.54 Å². The molecule has 0 fully saturated rings. The lowest BCUT2D eigenvalue weighted by atomic mass is 10.1. The van der Waals surface area contributed by atoms with Gasteiger partial charge < -0.3 is 21.2 Å². The van der Waals surface area contributed by atoms with Crippen LogP contribution in [0.25, 0.3) is 0 Å². The van der Waals surface area contributed by atoms with Crippen molar-refractivity contribution >= 4 is 11.7 Å². The number of benzene rings is 1. The van der Waals surface area contributed by atoms with Gasteiger partial charge in [0.15, 0.2) is 0 Å². The number of nitrogens with zero attached hydrogens (tertiary/aromatic N) is 3. The van der Waals surface area contributed by atoms with Crippen LogP contribution in [0.1, 0.15) is 17.4 Å². The first kappa shape index (κ1) is 15.6. The average molecular weight is 303 g/mol. The van der Waals surface area contributed by atoms with Crippen LogP contribution in [0.3, 0.4) is 0 Å². The van der Waals surface area contributed by atoms with E-state index in [1.807, 2.05) is 30.3 Å². The van der Waals surface area contributed by atoms with Crippen molar-refractivity contribution in [2.45, 2.75) is 19.5 Å². The predicted octanol–water partition coefficient (Wildman–Crippen LogP) is 0.916. The molecule has 0 bridgehead atoms. The van der Waals surface area contributed by atoms with Gasteiger partial charge >= 0.3 is 5.82 Å². The molecule has 1 amide bonds. The van der Waals surface area contributed by atoms with Crippen LogP contribution in [0.2, 0.25) is 0 Å². The Balaban J connectivity index is 1.89. The van der Waals surface area contributed by atoms with Crippen LogP contribution in [-0.4, -0.2) is 26.9 Å². The van der Waals surface area contributed by atoms with E-state index in [4.69, 9.17) is 5.73 Å². The molecule has 8 heteroatoms. The van der Waals surface area contributed by atoms with Crippen molar-refractivity contribution in [1.82, 2.24) is 14.9 Å². The highest BCUT2D eigenvalue weighted by molar-refractivity contribution is 5.75. The van der Waals surface area contributed by atoms with E-state index >= 15 is 0 Å². The second-order valence-corrected chi connectivity index (χ2v) is 4.85. The summed E-state index contributed by atoms with van der Waals surface area (Å²) in [6, 6.07) is 9.13. The van der Waals surface area contributed by atoms with E-state index in [2.05, 4.69) is 10.3 Å². The fourth-order valence-electron chi connectivity index (χ4n) is 1.99. The second-order valence-electron chi connectivity index (χ2n) is 4.85. The van der Waals surface area contributed by atoms with Crippen LogP contribution in [0.5, 0.6) is 0 Å². The molecule has 0 saturated carbocycles. The summed E-state index contributed by atoms with van der Waals surface area (Å²) in [7, 11) is 0. The molecule has 0 aliphatic carbocycles. The zero-order valence-corrected chi connectivity index (χ0v) is 12.1. The topological polar surface area (TPSA) is 116 Å². The highest BCUT2D eigenvalue weighted by Gasteiger charge is 2.17. The first-order valence-corrected chi connectivity index (χ1v) is 6.72. The van der Waals surface area contributed by atoms with E-state index in [0.29, 0.717) is 12.4 Å². The van der Waals surface area contributed by atoms with Gasteiger partial charge in [0.2, 0.25) is 11.7 Å². The summed E-state index contributed by atoms with van der Waals surface area (Å²) in [5.41, 5.74) is 6.92. The van der Waals surface area contributed by atoms with Gasteiger partial charge in [0, 0.05) is 19.5 Å². The maximum Gasteiger partial charge on any atom is 0.381 e. The molecule has 116 valence electrons. The lowest BCUT2D eigenvalue weighted by molar-refractivity contribution is -0.389. The number of imidazole rings is 1. The Kier molecular flexibility index (Phi) is 4.84. The Bertz CT molecular complexity index is 668. The van der Waals surface area contributed by atoms with Gasteiger partial charge in [-0.1, -0.05) is 30.3 Å². The van der Waals surface area contributed by atoms with Crippen molar-refractivity contribution in [2.24, 2.45) is 5.73 Å². The number of hydrogen-bond acceptors (Lipinski definition) is 5. The van der Waals surface area contributed by atoms with Gasteiger partial charge in [0.25, 0.3) is 0 Å². The number of carbonyl (C=O) groups is 1. The highest BCUT2D eigenvalue weighted by Crippen LogP contribution is 2.10. The Hall–Kier alpha value is -2.74. The molecular formula is C14H17N5O3. The maximum absolute atomic E-state index is 11.9. The Labute approximate surface area is 127 Å². The number of aromatic nitrogens is 2. The third-order valence-corrected chi connectivity index (χ3v) is 3.21. The van der Waals surface area contributed by atoms with Crippen LogP contribution in [0.4, 0.5) is 5.82 Å². The molecule has 0 radical (unpaired) electrons. The molecule has 1 atom stereocenters. The molecular weight excluding hydrogens is 286 g/mol. The van der Waals surface area contributed by atoms with E-state index in [1.54, 1.807) is 6.92 Å². The largest absolute Gasteiger partial charge is 0.381 e. The zero-order valence-electron chi connectivity index (χ0n) is 12.1. The van der Waals surface area contributed by atoms with E-state index in [0.717, 1.165) is 5.56 Å². The summed E-state index contributed by atoms with van der Waals surface area (Å²) in [6.45, 7) is 1.86. The SMILES string of the molecule is Cc1nc([N+](=O)[O-])cn1CC(=O)NCC(N)c1ccccc1.